The van der Waals surface area contributed by atoms with E-state index in [2.05, 4.69) is 40.9 Å². The average molecular weight is 368 g/mol. The van der Waals surface area contributed by atoms with Crippen molar-refractivity contribution < 1.29 is 4.74 Å². The second-order valence-corrected chi connectivity index (χ2v) is 5.41. The maximum absolute atomic E-state index is 6.15. The molecule has 1 atom stereocenters. The van der Waals surface area contributed by atoms with Crippen LogP contribution in [0.1, 0.15) is 31.9 Å². The Balaban J connectivity index is 2.75. The molecule has 0 heterocycles. The summed E-state index contributed by atoms with van der Waals surface area (Å²) < 4.78 is 6.59. The monoisotopic (exact) mass is 367 g/mol. The van der Waals surface area contributed by atoms with Crippen LogP contribution in [0.15, 0.2) is 18.2 Å². The van der Waals surface area contributed by atoms with E-state index in [0.29, 0.717) is 6.61 Å². The molecule has 1 N–H and O–H groups in total. The van der Waals surface area contributed by atoms with Crippen molar-refractivity contribution in [3.63, 3.8) is 0 Å². The topological polar surface area (TPSA) is 21.3 Å². The fraction of sp³-hybridized carbons (Fsp3) is 0.538. The molecule has 1 unspecified atom stereocenters. The first-order valence-corrected chi connectivity index (χ1v) is 7.40. The van der Waals surface area contributed by atoms with Crippen LogP contribution < -0.4 is 5.32 Å². The molecule has 96 valence electrons. The lowest BCUT2D eigenvalue weighted by Gasteiger charge is -2.19. The molecule has 0 aromatic heterocycles. The van der Waals surface area contributed by atoms with Crippen LogP contribution in [0.2, 0.25) is 5.02 Å². The first kappa shape index (κ1) is 15.2. The summed E-state index contributed by atoms with van der Waals surface area (Å²) in [5, 5.41) is 4.29. The van der Waals surface area contributed by atoms with Crippen molar-refractivity contribution in [3.05, 3.63) is 32.4 Å². The fourth-order valence-electron chi connectivity index (χ4n) is 1.56. The molecule has 0 bridgehead atoms. The normalized spacial score (nSPS) is 12.7. The largest absolute Gasteiger partial charge is 0.380 e. The molecular weight excluding hydrogens is 349 g/mol. The summed E-state index contributed by atoms with van der Waals surface area (Å²) in [6.07, 6.45) is 1.11. The van der Waals surface area contributed by atoms with Crippen molar-refractivity contribution >= 4 is 34.2 Å². The van der Waals surface area contributed by atoms with E-state index in [4.69, 9.17) is 16.3 Å². The smallest absolute Gasteiger partial charge is 0.0661 e. The van der Waals surface area contributed by atoms with Gasteiger partial charge < -0.3 is 10.1 Å². The van der Waals surface area contributed by atoms with Crippen molar-refractivity contribution in [2.75, 3.05) is 19.8 Å². The molecule has 0 aliphatic rings. The third kappa shape index (κ3) is 5.12. The SMILES string of the molecule is CCCNC(COCC)c1ccc(I)c(Cl)c1. The molecular formula is C13H19ClINO. The van der Waals surface area contributed by atoms with Crippen molar-refractivity contribution in [1.29, 1.82) is 0 Å². The highest BCUT2D eigenvalue weighted by molar-refractivity contribution is 14.1. The van der Waals surface area contributed by atoms with Crippen LogP contribution in [0.3, 0.4) is 0 Å². The highest BCUT2D eigenvalue weighted by Gasteiger charge is 2.11. The highest BCUT2D eigenvalue weighted by atomic mass is 127. The minimum Gasteiger partial charge on any atom is -0.380 e. The van der Waals surface area contributed by atoms with E-state index >= 15 is 0 Å². The number of rotatable bonds is 7. The standard InChI is InChI=1S/C13H19ClINO/c1-3-7-16-13(9-17-4-2)10-5-6-12(15)11(14)8-10/h5-6,8,13,16H,3-4,7,9H2,1-2H3. The predicted octanol–water partition coefficient (Wildman–Crippen LogP) is 4.02. The Morgan fingerprint density at radius 2 is 2.18 bits per heavy atom. The van der Waals surface area contributed by atoms with Gasteiger partial charge in [-0.05, 0) is 60.2 Å². The van der Waals surface area contributed by atoms with Gasteiger partial charge in [0.05, 0.1) is 17.7 Å². The van der Waals surface area contributed by atoms with Gasteiger partial charge in [-0.15, -0.1) is 0 Å². The van der Waals surface area contributed by atoms with Gasteiger partial charge in [0.1, 0.15) is 0 Å². The molecule has 0 aliphatic heterocycles. The molecule has 4 heteroatoms. The van der Waals surface area contributed by atoms with Crippen LogP contribution >= 0.6 is 34.2 Å². The van der Waals surface area contributed by atoms with Gasteiger partial charge in [0.25, 0.3) is 0 Å². The maximum atomic E-state index is 6.15. The lowest BCUT2D eigenvalue weighted by molar-refractivity contribution is 0.123. The molecule has 0 amide bonds. The van der Waals surface area contributed by atoms with Crippen LogP contribution in [0.25, 0.3) is 0 Å². The summed E-state index contributed by atoms with van der Waals surface area (Å²) in [6.45, 7) is 6.58. The van der Waals surface area contributed by atoms with Gasteiger partial charge in [-0.3, -0.25) is 0 Å². The number of ether oxygens (including phenoxy) is 1. The summed E-state index contributed by atoms with van der Waals surface area (Å²) in [6, 6.07) is 6.41. The van der Waals surface area contributed by atoms with Crippen molar-refractivity contribution in [3.8, 4) is 0 Å². The first-order valence-electron chi connectivity index (χ1n) is 5.95. The summed E-state index contributed by atoms with van der Waals surface area (Å²) >= 11 is 8.39. The molecule has 2 nitrogen and oxygen atoms in total. The fourth-order valence-corrected chi connectivity index (χ4v) is 2.08. The predicted molar refractivity (Wildman–Crippen MR) is 81.7 cm³/mol. The van der Waals surface area contributed by atoms with E-state index in [9.17, 15) is 0 Å². The van der Waals surface area contributed by atoms with E-state index in [1.807, 2.05) is 19.1 Å². The van der Waals surface area contributed by atoms with Gasteiger partial charge in [0.2, 0.25) is 0 Å². The second kappa shape index (κ2) is 8.29. The average Bonchev–Trinajstić information content (AvgIpc) is 2.33. The maximum Gasteiger partial charge on any atom is 0.0661 e. The second-order valence-electron chi connectivity index (χ2n) is 3.84. The van der Waals surface area contributed by atoms with E-state index < -0.39 is 0 Å². The molecule has 1 aromatic carbocycles. The zero-order valence-electron chi connectivity index (χ0n) is 10.3. The summed E-state index contributed by atoms with van der Waals surface area (Å²) in [4.78, 5) is 0. The van der Waals surface area contributed by atoms with Crippen LogP contribution in [0.4, 0.5) is 0 Å². The molecule has 0 aliphatic carbocycles. The van der Waals surface area contributed by atoms with E-state index in [0.717, 1.165) is 28.2 Å². The van der Waals surface area contributed by atoms with Gasteiger partial charge in [-0.1, -0.05) is 24.6 Å². The Kier molecular flexibility index (Phi) is 7.43. The molecule has 17 heavy (non-hydrogen) atoms. The summed E-state index contributed by atoms with van der Waals surface area (Å²) in [5.41, 5.74) is 1.19. The van der Waals surface area contributed by atoms with Crippen LogP contribution in [-0.2, 0) is 4.74 Å². The molecule has 0 spiro atoms. The number of halogens is 2. The van der Waals surface area contributed by atoms with Crippen molar-refractivity contribution in [2.45, 2.75) is 26.3 Å². The Hall–Kier alpha value is 0.160. The minimum absolute atomic E-state index is 0.226. The van der Waals surface area contributed by atoms with Crippen molar-refractivity contribution in [1.82, 2.24) is 5.32 Å². The Labute approximate surface area is 122 Å². The molecule has 0 saturated carbocycles. The quantitative estimate of drug-likeness (QED) is 0.735. The zero-order chi connectivity index (χ0) is 12.7. The number of benzene rings is 1. The number of nitrogens with one attached hydrogen (secondary N) is 1. The lowest BCUT2D eigenvalue weighted by Crippen LogP contribution is -2.26. The van der Waals surface area contributed by atoms with Crippen LogP contribution in [-0.4, -0.2) is 19.8 Å². The van der Waals surface area contributed by atoms with Crippen LogP contribution in [0.5, 0.6) is 0 Å². The zero-order valence-corrected chi connectivity index (χ0v) is 13.2. The lowest BCUT2D eigenvalue weighted by atomic mass is 10.1. The van der Waals surface area contributed by atoms with Gasteiger partial charge >= 0.3 is 0 Å². The Morgan fingerprint density at radius 1 is 1.41 bits per heavy atom. The molecule has 1 rings (SSSR count). The Morgan fingerprint density at radius 3 is 2.76 bits per heavy atom. The van der Waals surface area contributed by atoms with E-state index in [1.165, 1.54) is 5.56 Å². The van der Waals surface area contributed by atoms with Gasteiger partial charge in [-0.2, -0.15) is 0 Å². The highest BCUT2D eigenvalue weighted by Crippen LogP contribution is 2.23. The molecule has 0 saturated heterocycles. The van der Waals surface area contributed by atoms with Gasteiger partial charge in [0.15, 0.2) is 0 Å². The number of hydrogen-bond donors (Lipinski definition) is 1. The third-order valence-electron chi connectivity index (χ3n) is 2.48. The first-order chi connectivity index (χ1) is 8.19. The van der Waals surface area contributed by atoms with E-state index in [-0.39, 0.29) is 6.04 Å². The van der Waals surface area contributed by atoms with E-state index in [1.54, 1.807) is 0 Å². The third-order valence-corrected chi connectivity index (χ3v) is 4.05. The summed E-state index contributed by atoms with van der Waals surface area (Å²) in [5.74, 6) is 0. The van der Waals surface area contributed by atoms with Gasteiger partial charge in [0, 0.05) is 10.2 Å². The van der Waals surface area contributed by atoms with Crippen molar-refractivity contribution in [2.24, 2.45) is 0 Å². The molecule has 0 fully saturated rings. The van der Waals surface area contributed by atoms with Gasteiger partial charge in [-0.25, -0.2) is 0 Å². The minimum atomic E-state index is 0.226. The Bertz CT molecular complexity index is 338. The molecule has 1 aromatic rings. The summed E-state index contributed by atoms with van der Waals surface area (Å²) in [7, 11) is 0. The molecule has 0 radical (unpaired) electrons. The number of hydrogen-bond acceptors (Lipinski definition) is 2. The van der Waals surface area contributed by atoms with Crippen LogP contribution in [0, 0.1) is 3.57 Å².